The lowest BCUT2D eigenvalue weighted by molar-refractivity contribution is -0.385. The fraction of sp³-hybridized carbons (Fsp3) is 0.188. The molecular weight excluding hydrogens is 399 g/mol. The van der Waals surface area contributed by atoms with E-state index in [0.717, 1.165) is 27.8 Å². The summed E-state index contributed by atoms with van der Waals surface area (Å²) in [4.78, 5) is 47.2. The van der Waals surface area contributed by atoms with Gasteiger partial charge in [0.1, 0.15) is 6.54 Å². The van der Waals surface area contributed by atoms with Gasteiger partial charge in [0.05, 0.1) is 27.7 Å². The number of hydrogen-bond donors (Lipinski definition) is 1. The van der Waals surface area contributed by atoms with Crippen molar-refractivity contribution in [2.75, 3.05) is 18.9 Å². The Hall–Kier alpha value is -2.91. The van der Waals surface area contributed by atoms with Crippen LogP contribution >= 0.6 is 23.2 Å². The molecule has 2 rings (SSSR count). The summed E-state index contributed by atoms with van der Waals surface area (Å²) in [6, 6.07) is 6.59. The number of likely N-dealkylation sites (N-methyl/N-ethyl adjacent to an activating group) is 1. The van der Waals surface area contributed by atoms with Crippen molar-refractivity contribution in [2.24, 2.45) is 0 Å². The highest BCUT2D eigenvalue weighted by Crippen LogP contribution is 2.24. The maximum absolute atomic E-state index is 12.2. The summed E-state index contributed by atoms with van der Waals surface area (Å²) in [7, 11) is 1.37. The number of rotatable bonds is 6. The largest absolute Gasteiger partial charge is 0.335 e. The second kappa shape index (κ2) is 8.65. The van der Waals surface area contributed by atoms with E-state index in [2.05, 4.69) is 5.32 Å². The second-order valence-electron chi connectivity index (χ2n) is 5.54. The minimum absolute atomic E-state index is 0.268. The van der Waals surface area contributed by atoms with Crippen LogP contribution in [-0.2, 0) is 16.1 Å². The van der Waals surface area contributed by atoms with Gasteiger partial charge >= 0.3 is 0 Å². The summed E-state index contributed by atoms with van der Waals surface area (Å²) < 4.78 is 0.911. The molecule has 0 aliphatic heterocycles. The van der Waals surface area contributed by atoms with Gasteiger partial charge in [-0.2, -0.15) is 0 Å². The molecule has 11 heteroatoms. The van der Waals surface area contributed by atoms with Gasteiger partial charge in [-0.1, -0.05) is 23.2 Å². The summed E-state index contributed by atoms with van der Waals surface area (Å²) in [6.45, 7) is -0.722. The van der Waals surface area contributed by atoms with Crippen LogP contribution in [-0.4, -0.2) is 39.8 Å². The quantitative estimate of drug-likeness (QED) is 0.576. The van der Waals surface area contributed by atoms with E-state index in [-0.39, 0.29) is 17.3 Å². The molecule has 0 fully saturated rings. The van der Waals surface area contributed by atoms with Crippen LogP contribution in [0.5, 0.6) is 0 Å². The van der Waals surface area contributed by atoms with E-state index in [1.165, 1.54) is 19.2 Å². The number of hydrogen-bond acceptors (Lipinski definition) is 5. The lowest BCUT2D eigenvalue weighted by atomic mass is 10.3. The van der Waals surface area contributed by atoms with Gasteiger partial charge in [0, 0.05) is 24.9 Å². The topological polar surface area (TPSA) is 115 Å². The smallest absolute Gasteiger partial charge is 0.285 e. The van der Waals surface area contributed by atoms with Gasteiger partial charge in [-0.05, 0) is 18.2 Å². The normalized spacial score (nSPS) is 10.3. The molecule has 142 valence electrons. The SMILES string of the molecule is CN(CC(=O)Nc1ccc(Cl)c(Cl)c1)C(=O)Cn1cc([N+](=O)[O-])ccc1=O. The summed E-state index contributed by atoms with van der Waals surface area (Å²) in [6.07, 6.45) is 0.976. The lowest BCUT2D eigenvalue weighted by Gasteiger charge is -2.17. The molecule has 0 aliphatic rings. The maximum Gasteiger partial charge on any atom is 0.285 e. The van der Waals surface area contributed by atoms with Crippen molar-refractivity contribution >= 4 is 46.4 Å². The number of pyridine rings is 1. The third-order valence-electron chi connectivity index (χ3n) is 3.49. The average molecular weight is 413 g/mol. The van der Waals surface area contributed by atoms with E-state index in [1.807, 2.05) is 0 Å². The molecule has 27 heavy (non-hydrogen) atoms. The Kier molecular flexibility index (Phi) is 6.54. The molecule has 0 spiro atoms. The standard InChI is InChI=1S/C16H14Cl2N4O5/c1-20(8-14(23)19-10-2-4-12(17)13(18)6-10)16(25)9-21-7-11(22(26)27)3-5-15(21)24/h2-7H,8-9H2,1H3,(H,19,23). The molecule has 1 aromatic heterocycles. The third-order valence-corrected chi connectivity index (χ3v) is 4.23. The minimum Gasteiger partial charge on any atom is -0.335 e. The Bertz CT molecular complexity index is 960. The van der Waals surface area contributed by atoms with Crippen LogP contribution in [0.3, 0.4) is 0 Å². The molecule has 1 aromatic carbocycles. The Morgan fingerprint density at radius 2 is 1.93 bits per heavy atom. The van der Waals surface area contributed by atoms with Gasteiger partial charge < -0.3 is 10.2 Å². The number of carbonyl (C=O) groups is 2. The van der Waals surface area contributed by atoms with Gasteiger partial charge in [-0.15, -0.1) is 0 Å². The number of nitro groups is 1. The van der Waals surface area contributed by atoms with E-state index in [1.54, 1.807) is 6.07 Å². The molecule has 2 amide bonds. The van der Waals surface area contributed by atoms with Crippen LogP contribution in [0.15, 0.2) is 41.3 Å². The fourth-order valence-corrected chi connectivity index (χ4v) is 2.39. The van der Waals surface area contributed by atoms with Crippen LogP contribution in [0.2, 0.25) is 10.0 Å². The molecule has 0 atom stereocenters. The number of nitrogens with zero attached hydrogens (tertiary/aromatic N) is 3. The number of aromatic nitrogens is 1. The predicted octanol–water partition coefficient (Wildman–Crippen LogP) is 2.16. The molecule has 0 aliphatic carbocycles. The molecule has 1 heterocycles. The molecule has 1 N–H and O–H groups in total. The number of carbonyl (C=O) groups excluding carboxylic acids is 2. The van der Waals surface area contributed by atoms with Crippen molar-refractivity contribution in [3.63, 3.8) is 0 Å². The van der Waals surface area contributed by atoms with Crippen LogP contribution < -0.4 is 10.9 Å². The van der Waals surface area contributed by atoms with Crippen LogP contribution in [0.4, 0.5) is 11.4 Å². The maximum atomic E-state index is 12.2. The van der Waals surface area contributed by atoms with Crippen molar-refractivity contribution in [2.45, 2.75) is 6.54 Å². The van der Waals surface area contributed by atoms with Crippen molar-refractivity contribution in [1.82, 2.24) is 9.47 Å². The Morgan fingerprint density at radius 3 is 2.56 bits per heavy atom. The van der Waals surface area contributed by atoms with Crippen LogP contribution in [0, 0.1) is 10.1 Å². The van der Waals surface area contributed by atoms with Crippen molar-refractivity contribution in [3.05, 3.63) is 67.0 Å². The Morgan fingerprint density at radius 1 is 1.22 bits per heavy atom. The van der Waals surface area contributed by atoms with Crippen molar-refractivity contribution in [3.8, 4) is 0 Å². The van der Waals surface area contributed by atoms with E-state index in [4.69, 9.17) is 23.2 Å². The predicted molar refractivity (Wildman–Crippen MR) is 100 cm³/mol. The minimum atomic E-state index is -0.672. The summed E-state index contributed by atoms with van der Waals surface area (Å²) in [5, 5.41) is 13.9. The van der Waals surface area contributed by atoms with Crippen LogP contribution in [0.25, 0.3) is 0 Å². The number of nitrogens with one attached hydrogen (secondary N) is 1. The molecule has 0 radical (unpaired) electrons. The highest BCUT2D eigenvalue weighted by molar-refractivity contribution is 6.42. The third kappa shape index (κ3) is 5.53. The second-order valence-corrected chi connectivity index (χ2v) is 6.35. The first-order chi connectivity index (χ1) is 12.7. The highest BCUT2D eigenvalue weighted by atomic mass is 35.5. The fourth-order valence-electron chi connectivity index (χ4n) is 2.09. The van der Waals surface area contributed by atoms with Crippen molar-refractivity contribution in [1.29, 1.82) is 0 Å². The molecule has 0 bridgehead atoms. The number of benzene rings is 1. The monoisotopic (exact) mass is 412 g/mol. The number of amides is 2. The molecule has 9 nitrogen and oxygen atoms in total. The van der Waals surface area contributed by atoms with E-state index < -0.39 is 28.8 Å². The molecule has 0 saturated heterocycles. The number of anilines is 1. The summed E-state index contributed by atoms with van der Waals surface area (Å²) in [5.74, 6) is -1.06. The highest BCUT2D eigenvalue weighted by Gasteiger charge is 2.16. The van der Waals surface area contributed by atoms with E-state index >= 15 is 0 Å². The Labute approximate surface area is 163 Å². The zero-order valence-corrected chi connectivity index (χ0v) is 15.5. The van der Waals surface area contributed by atoms with Crippen molar-refractivity contribution < 1.29 is 14.5 Å². The zero-order chi connectivity index (χ0) is 20.1. The zero-order valence-electron chi connectivity index (χ0n) is 14.0. The van der Waals surface area contributed by atoms with Gasteiger partial charge in [0.25, 0.3) is 11.2 Å². The first kappa shape index (κ1) is 20.4. The molecule has 2 aromatic rings. The lowest BCUT2D eigenvalue weighted by Crippen LogP contribution is -2.38. The van der Waals surface area contributed by atoms with Crippen LogP contribution in [0.1, 0.15) is 0 Å². The van der Waals surface area contributed by atoms with Gasteiger partial charge in [0.15, 0.2) is 0 Å². The average Bonchev–Trinajstić information content (AvgIpc) is 2.59. The van der Waals surface area contributed by atoms with Gasteiger partial charge in [-0.3, -0.25) is 29.1 Å². The van der Waals surface area contributed by atoms with E-state index in [0.29, 0.717) is 10.7 Å². The summed E-state index contributed by atoms with van der Waals surface area (Å²) in [5.41, 5.74) is -0.477. The molecular formula is C16H14Cl2N4O5. The summed E-state index contributed by atoms with van der Waals surface area (Å²) >= 11 is 11.7. The van der Waals surface area contributed by atoms with E-state index in [9.17, 15) is 24.5 Å². The number of halogens is 2. The molecule has 0 unspecified atom stereocenters. The first-order valence-electron chi connectivity index (χ1n) is 7.51. The Balaban J connectivity index is 2.00. The van der Waals surface area contributed by atoms with Gasteiger partial charge in [-0.25, -0.2) is 0 Å². The first-order valence-corrected chi connectivity index (χ1v) is 8.26. The molecule has 0 saturated carbocycles. The van der Waals surface area contributed by atoms with Gasteiger partial charge in [0.2, 0.25) is 11.8 Å².